The molecule has 3 saturated heterocycles. The highest BCUT2D eigenvalue weighted by Gasteiger charge is 2.50. The second-order valence-electron chi connectivity index (χ2n) is 6.86. The number of aliphatic hydroxyl groups is 1. The number of pyridine rings is 1. The van der Waals surface area contributed by atoms with Gasteiger partial charge in [-0.15, -0.1) is 0 Å². The summed E-state index contributed by atoms with van der Waals surface area (Å²) in [5, 5.41) is 11.1. The highest BCUT2D eigenvalue weighted by atomic mass is 16.5. The van der Waals surface area contributed by atoms with Gasteiger partial charge in [-0.1, -0.05) is 6.07 Å². The second-order valence-corrected chi connectivity index (χ2v) is 6.86. The van der Waals surface area contributed by atoms with E-state index in [0.29, 0.717) is 39.1 Å². The minimum atomic E-state index is -0.859. The molecule has 0 aliphatic carbocycles. The second kappa shape index (κ2) is 5.76. The van der Waals surface area contributed by atoms with E-state index in [-0.39, 0.29) is 18.1 Å². The molecular formula is C17H23N3O3. The van der Waals surface area contributed by atoms with Gasteiger partial charge in [0.05, 0.1) is 18.8 Å². The van der Waals surface area contributed by atoms with Crippen LogP contribution in [-0.2, 0) is 10.3 Å². The first-order valence-electron chi connectivity index (χ1n) is 8.45. The highest BCUT2D eigenvalue weighted by molar-refractivity contribution is 5.76. The summed E-state index contributed by atoms with van der Waals surface area (Å²) in [4.78, 5) is 20.9. The van der Waals surface area contributed by atoms with Crippen molar-refractivity contribution in [3.63, 3.8) is 0 Å². The van der Waals surface area contributed by atoms with Gasteiger partial charge in [0.15, 0.2) is 0 Å². The summed E-state index contributed by atoms with van der Waals surface area (Å²) in [6.07, 6.45) is 6.63. The molecule has 6 nitrogen and oxygen atoms in total. The van der Waals surface area contributed by atoms with E-state index in [1.54, 1.807) is 12.4 Å². The van der Waals surface area contributed by atoms with Gasteiger partial charge < -0.3 is 19.6 Å². The first-order chi connectivity index (χ1) is 11.2. The monoisotopic (exact) mass is 317 g/mol. The van der Waals surface area contributed by atoms with Crippen LogP contribution in [0, 0.1) is 0 Å². The minimum Gasteiger partial charge on any atom is -0.385 e. The van der Waals surface area contributed by atoms with Gasteiger partial charge in [0.1, 0.15) is 0 Å². The van der Waals surface area contributed by atoms with E-state index in [1.807, 2.05) is 21.9 Å². The third kappa shape index (κ3) is 2.60. The van der Waals surface area contributed by atoms with Crippen LogP contribution in [0.1, 0.15) is 31.2 Å². The Kier molecular flexibility index (Phi) is 3.73. The number of amides is 2. The lowest BCUT2D eigenvalue weighted by atomic mass is 9.81. The largest absolute Gasteiger partial charge is 0.385 e. The number of rotatable bonds is 1. The molecular weight excluding hydrogens is 294 g/mol. The van der Waals surface area contributed by atoms with E-state index in [0.717, 1.165) is 18.4 Å². The molecule has 1 aromatic rings. The van der Waals surface area contributed by atoms with Crippen LogP contribution in [0.2, 0.25) is 0 Å². The maximum Gasteiger partial charge on any atom is 0.320 e. The van der Waals surface area contributed by atoms with Crippen molar-refractivity contribution in [2.45, 2.75) is 43.4 Å². The first-order valence-corrected chi connectivity index (χ1v) is 8.45. The quantitative estimate of drug-likeness (QED) is 0.849. The molecule has 0 spiro atoms. The topological polar surface area (TPSA) is 65.9 Å². The molecule has 2 atom stereocenters. The van der Waals surface area contributed by atoms with Crippen molar-refractivity contribution in [3.8, 4) is 0 Å². The Balaban J connectivity index is 1.53. The zero-order valence-electron chi connectivity index (χ0n) is 13.2. The number of morpholine rings is 1. The fourth-order valence-electron chi connectivity index (χ4n) is 4.33. The van der Waals surface area contributed by atoms with Gasteiger partial charge in [-0.2, -0.15) is 0 Å². The van der Waals surface area contributed by atoms with Crippen molar-refractivity contribution in [1.29, 1.82) is 0 Å². The summed E-state index contributed by atoms with van der Waals surface area (Å²) in [6.45, 7) is 2.58. The lowest BCUT2D eigenvalue weighted by Crippen LogP contribution is -2.57. The van der Waals surface area contributed by atoms with E-state index >= 15 is 0 Å². The normalized spacial score (nSPS) is 33.8. The molecule has 1 aromatic heterocycles. The Morgan fingerprint density at radius 2 is 1.96 bits per heavy atom. The lowest BCUT2D eigenvalue weighted by Gasteiger charge is -2.45. The predicted octanol–water partition coefficient (Wildman–Crippen LogP) is 1.35. The van der Waals surface area contributed by atoms with E-state index in [2.05, 4.69) is 4.98 Å². The van der Waals surface area contributed by atoms with Crippen molar-refractivity contribution in [2.75, 3.05) is 26.3 Å². The first kappa shape index (κ1) is 14.9. The Hall–Kier alpha value is -1.66. The van der Waals surface area contributed by atoms with Crippen LogP contribution in [0.3, 0.4) is 0 Å². The number of piperidine rings is 1. The average molecular weight is 317 g/mol. The molecule has 3 aliphatic rings. The molecule has 23 heavy (non-hydrogen) atoms. The molecule has 0 radical (unpaired) electrons. The van der Waals surface area contributed by atoms with E-state index < -0.39 is 5.60 Å². The van der Waals surface area contributed by atoms with Crippen LogP contribution >= 0.6 is 0 Å². The standard InChI is InChI=1S/C17H23N3O3/c21-16(19-6-8-23-9-7-19)20-14-3-4-15(20)11-17(22,10-14)13-2-1-5-18-12-13/h1-2,5,12,14-15,22H,3-4,6-11H2. The van der Waals surface area contributed by atoms with Gasteiger partial charge in [0, 0.05) is 56.0 Å². The molecule has 124 valence electrons. The van der Waals surface area contributed by atoms with E-state index in [4.69, 9.17) is 4.74 Å². The van der Waals surface area contributed by atoms with Crippen LogP contribution < -0.4 is 0 Å². The van der Waals surface area contributed by atoms with Gasteiger partial charge in [-0.25, -0.2) is 4.79 Å². The summed E-state index contributed by atoms with van der Waals surface area (Å²) in [7, 11) is 0. The van der Waals surface area contributed by atoms with Crippen LogP contribution in [0.15, 0.2) is 24.5 Å². The summed E-state index contributed by atoms with van der Waals surface area (Å²) < 4.78 is 5.34. The molecule has 4 heterocycles. The SMILES string of the molecule is O=C(N1CCOCC1)N1C2CCC1CC(O)(c1cccnc1)C2. The zero-order chi connectivity index (χ0) is 15.9. The number of fused-ring (bicyclic) bond motifs is 2. The molecule has 4 rings (SSSR count). The molecule has 6 heteroatoms. The number of carbonyl (C=O) groups excluding carboxylic acids is 1. The lowest BCUT2D eigenvalue weighted by molar-refractivity contribution is -0.0508. The van der Waals surface area contributed by atoms with Crippen LogP contribution in [0.5, 0.6) is 0 Å². The van der Waals surface area contributed by atoms with Crippen LogP contribution in [0.25, 0.3) is 0 Å². The van der Waals surface area contributed by atoms with Crippen molar-refractivity contribution in [1.82, 2.24) is 14.8 Å². The molecule has 3 aliphatic heterocycles. The Morgan fingerprint density at radius 3 is 2.57 bits per heavy atom. The Morgan fingerprint density at radius 1 is 1.26 bits per heavy atom. The number of nitrogens with zero attached hydrogens (tertiary/aromatic N) is 3. The summed E-state index contributed by atoms with van der Waals surface area (Å²) in [5.74, 6) is 0. The van der Waals surface area contributed by atoms with Crippen molar-refractivity contribution >= 4 is 6.03 Å². The summed E-state index contributed by atoms with van der Waals surface area (Å²) in [5.41, 5.74) is 0.0115. The number of ether oxygens (including phenoxy) is 1. The van der Waals surface area contributed by atoms with Crippen molar-refractivity contribution in [3.05, 3.63) is 30.1 Å². The maximum atomic E-state index is 12.9. The van der Waals surface area contributed by atoms with Gasteiger partial charge in [-0.3, -0.25) is 4.98 Å². The van der Waals surface area contributed by atoms with Crippen LogP contribution in [0.4, 0.5) is 4.79 Å². The van der Waals surface area contributed by atoms with E-state index in [9.17, 15) is 9.90 Å². The number of aromatic nitrogens is 1. The number of urea groups is 1. The maximum absolute atomic E-state index is 12.9. The van der Waals surface area contributed by atoms with Gasteiger partial charge in [0.2, 0.25) is 0 Å². The predicted molar refractivity (Wildman–Crippen MR) is 83.8 cm³/mol. The minimum absolute atomic E-state index is 0.119. The van der Waals surface area contributed by atoms with Crippen molar-refractivity contribution in [2.24, 2.45) is 0 Å². The Bertz CT molecular complexity index is 560. The number of hydrogen-bond acceptors (Lipinski definition) is 4. The molecule has 2 amide bonds. The van der Waals surface area contributed by atoms with Gasteiger partial charge >= 0.3 is 6.03 Å². The van der Waals surface area contributed by atoms with E-state index in [1.165, 1.54) is 0 Å². The smallest absolute Gasteiger partial charge is 0.320 e. The molecule has 0 aromatic carbocycles. The van der Waals surface area contributed by atoms with Crippen molar-refractivity contribution < 1.29 is 14.6 Å². The number of hydrogen-bond donors (Lipinski definition) is 1. The van der Waals surface area contributed by atoms with Crippen LogP contribution in [-0.4, -0.2) is 64.3 Å². The van der Waals surface area contributed by atoms with Gasteiger partial charge in [0.25, 0.3) is 0 Å². The highest BCUT2D eigenvalue weighted by Crippen LogP contribution is 2.45. The summed E-state index contributed by atoms with van der Waals surface area (Å²) in [6, 6.07) is 4.16. The van der Waals surface area contributed by atoms with Gasteiger partial charge in [-0.05, 0) is 18.9 Å². The zero-order valence-corrected chi connectivity index (χ0v) is 13.2. The molecule has 3 fully saturated rings. The number of carbonyl (C=O) groups is 1. The Labute approximate surface area is 136 Å². The third-order valence-corrected chi connectivity index (χ3v) is 5.47. The molecule has 0 saturated carbocycles. The summed E-state index contributed by atoms with van der Waals surface area (Å²) >= 11 is 0. The molecule has 2 bridgehead atoms. The fraction of sp³-hybridized carbons (Fsp3) is 0.647. The average Bonchev–Trinajstić information content (AvgIpc) is 2.88. The molecule has 1 N–H and O–H groups in total. The fourth-order valence-corrected chi connectivity index (χ4v) is 4.33. The third-order valence-electron chi connectivity index (χ3n) is 5.47. The molecule has 2 unspecified atom stereocenters.